The van der Waals surface area contributed by atoms with E-state index in [1.165, 1.54) is 10.5 Å². The zero-order chi connectivity index (χ0) is 14.8. The Morgan fingerprint density at radius 3 is 2.85 bits per heavy atom. The van der Waals surface area contributed by atoms with Crippen molar-refractivity contribution in [3.63, 3.8) is 0 Å². The third-order valence-electron chi connectivity index (χ3n) is 3.29. The standard InChI is InChI=1S/C12H18N4O3S/c1-2-20(18,19)16-7-9(8-16)6-15-10-3-4-14-11(5-10)12(13)17/h3-5,9H,2,6-8H2,1H3,(H2,13,17)(H,14,15). The van der Waals surface area contributed by atoms with Gasteiger partial charge in [-0.1, -0.05) is 0 Å². The van der Waals surface area contributed by atoms with Crippen LogP contribution in [0.15, 0.2) is 18.3 Å². The first kappa shape index (κ1) is 14.7. The molecule has 8 heteroatoms. The fourth-order valence-corrected chi connectivity index (χ4v) is 3.24. The van der Waals surface area contributed by atoms with E-state index in [4.69, 9.17) is 5.73 Å². The van der Waals surface area contributed by atoms with Gasteiger partial charge in [0.1, 0.15) is 5.69 Å². The number of pyridine rings is 1. The molecule has 0 unspecified atom stereocenters. The van der Waals surface area contributed by atoms with Gasteiger partial charge in [-0.25, -0.2) is 12.7 Å². The van der Waals surface area contributed by atoms with E-state index in [-0.39, 0.29) is 17.4 Å². The van der Waals surface area contributed by atoms with Crippen molar-refractivity contribution >= 4 is 21.6 Å². The summed E-state index contributed by atoms with van der Waals surface area (Å²) >= 11 is 0. The van der Waals surface area contributed by atoms with Gasteiger partial charge in [-0.15, -0.1) is 0 Å². The van der Waals surface area contributed by atoms with Crippen LogP contribution in [0.1, 0.15) is 17.4 Å². The first-order valence-electron chi connectivity index (χ1n) is 6.40. The first-order valence-corrected chi connectivity index (χ1v) is 8.01. The van der Waals surface area contributed by atoms with Crippen LogP contribution < -0.4 is 11.1 Å². The highest BCUT2D eigenvalue weighted by atomic mass is 32.2. The summed E-state index contributed by atoms with van der Waals surface area (Å²) in [4.78, 5) is 14.9. The van der Waals surface area contributed by atoms with Crippen molar-refractivity contribution in [3.05, 3.63) is 24.0 Å². The number of sulfonamides is 1. The molecule has 0 aliphatic carbocycles. The Bertz CT molecular complexity index is 596. The fraction of sp³-hybridized carbons (Fsp3) is 0.500. The lowest BCUT2D eigenvalue weighted by Crippen LogP contribution is -2.52. The molecule has 0 spiro atoms. The van der Waals surface area contributed by atoms with Gasteiger partial charge in [-0.3, -0.25) is 9.78 Å². The maximum Gasteiger partial charge on any atom is 0.267 e. The van der Waals surface area contributed by atoms with Gasteiger partial charge in [0.2, 0.25) is 10.0 Å². The number of primary amides is 1. The number of nitrogens with zero attached hydrogens (tertiary/aromatic N) is 2. The molecule has 2 rings (SSSR count). The van der Waals surface area contributed by atoms with Crippen molar-refractivity contribution in [2.45, 2.75) is 6.92 Å². The van der Waals surface area contributed by atoms with Crippen LogP contribution in [0.5, 0.6) is 0 Å². The maximum absolute atomic E-state index is 11.6. The molecule has 110 valence electrons. The number of nitrogens with one attached hydrogen (secondary N) is 1. The molecule has 3 N–H and O–H groups in total. The second kappa shape index (κ2) is 5.76. The summed E-state index contributed by atoms with van der Waals surface area (Å²) < 4.78 is 24.6. The van der Waals surface area contributed by atoms with Gasteiger partial charge in [-0.2, -0.15) is 0 Å². The normalized spacial score (nSPS) is 16.6. The number of carbonyl (C=O) groups excluding carboxylic acids is 1. The molecule has 1 amide bonds. The molecular formula is C12H18N4O3S. The van der Waals surface area contributed by atoms with Crippen LogP contribution in [-0.2, 0) is 10.0 Å². The SMILES string of the molecule is CCS(=O)(=O)N1CC(CNc2ccnc(C(N)=O)c2)C1. The van der Waals surface area contributed by atoms with Gasteiger partial charge < -0.3 is 11.1 Å². The van der Waals surface area contributed by atoms with E-state index in [1.54, 1.807) is 19.1 Å². The quantitative estimate of drug-likeness (QED) is 0.761. The second-order valence-corrected chi connectivity index (χ2v) is 7.02. The Morgan fingerprint density at radius 2 is 2.25 bits per heavy atom. The van der Waals surface area contributed by atoms with Crippen molar-refractivity contribution in [2.24, 2.45) is 11.7 Å². The van der Waals surface area contributed by atoms with Crippen molar-refractivity contribution in [2.75, 3.05) is 30.7 Å². The largest absolute Gasteiger partial charge is 0.385 e. The predicted octanol–water partition coefficient (Wildman–Crippen LogP) is -0.126. The Labute approximate surface area is 118 Å². The highest BCUT2D eigenvalue weighted by molar-refractivity contribution is 7.89. The molecule has 2 heterocycles. The number of carbonyl (C=O) groups is 1. The summed E-state index contributed by atoms with van der Waals surface area (Å²) in [6.45, 7) is 3.37. The molecule has 20 heavy (non-hydrogen) atoms. The highest BCUT2D eigenvalue weighted by Crippen LogP contribution is 2.20. The zero-order valence-electron chi connectivity index (χ0n) is 11.2. The van der Waals surface area contributed by atoms with Gasteiger partial charge in [0.05, 0.1) is 5.75 Å². The molecule has 0 aromatic carbocycles. The molecule has 1 fully saturated rings. The second-order valence-electron chi connectivity index (χ2n) is 4.76. The molecule has 7 nitrogen and oxygen atoms in total. The zero-order valence-corrected chi connectivity index (χ0v) is 12.1. The summed E-state index contributed by atoms with van der Waals surface area (Å²) in [5.74, 6) is -0.154. The summed E-state index contributed by atoms with van der Waals surface area (Å²) in [7, 11) is -3.06. The number of hydrogen-bond donors (Lipinski definition) is 2. The van der Waals surface area contributed by atoms with Crippen molar-refractivity contribution in [1.29, 1.82) is 0 Å². The smallest absolute Gasteiger partial charge is 0.267 e. The number of amides is 1. The average molecular weight is 298 g/mol. The molecule has 0 saturated carbocycles. The molecule has 1 aliphatic rings. The number of hydrogen-bond acceptors (Lipinski definition) is 5. The average Bonchev–Trinajstić information content (AvgIpc) is 2.37. The minimum atomic E-state index is -3.06. The van der Waals surface area contributed by atoms with Gasteiger partial charge in [-0.05, 0) is 19.1 Å². The summed E-state index contributed by atoms with van der Waals surface area (Å²) in [5, 5.41) is 3.16. The number of anilines is 1. The molecule has 0 radical (unpaired) electrons. The van der Waals surface area contributed by atoms with Crippen LogP contribution in [-0.4, -0.2) is 49.0 Å². The Morgan fingerprint density at radius 1 is 1.55 bits per heavy atom. The third-order valence-corrected chi connectivity index (χ3v) is 5.10. The number of rotatable bonds is 6. The van der Waals surface area contributed by atoms with E-state index in [2.05, 4.69) is 10.3 Å². The van der Waals surface area contributed by atoms with Gasteiger partial charge in [0, 0.05) is 37.4 Å². The summed E-state index contributed by atoms with van der Waals surface area (Å²) in [5.41, 5.74) is 6.12. The molecule has 0 atom stereocenters. The topological polar surface area (TPSA) is 105 Å². The van der Waals surface area contributed by atoms with Gasteiger partial charge in [0.25, 0.3) is 5.91 Å². The Balaban J connectivity index is 1.83. The third kappa shape index (κ3) is 3.26. The van der Waals surface area contributed by atoms with E-state index >= 15 is 0 Å². The van der Waals surface area contributed by atoms with Crippen LogP contribution in [0.2, 0.25) is 0 Å². The lowest BCUT2D eigenvalue weighted by molar-refractivity contribution is 0.0995. The minimum absolute atomic E-state index is 0.138. The van der Waals surface area contributed by atoms with Crippen LogP contribution in [0, 0.1) is 5.92 Å². The lowest BCUT2D eigenvalue weighted by atomic mass is 10.0. The molecule has 1 aromatic rings. The minimum Gasteiger partial charge on any atom is -0.385 e. The molecular weight excluding hydrogens is 280 g/mol. The fourth-order valence-electron chi connectivity index (χ4n) is 2.00. The Hall–Kier alpha value is -1.67. The number of nitrogens with two attached hydrogens (primary N) is 1. The molecule has 1 saturated heterocycles. The van der Waals surface area contributed by atoms with Crippen molar-refractivity contribution < 1.29 is 13.2 Å². The number of aromatic nitrogens is 1. The Kier molecular flexibility index (Phi) is 4.24. The van der Waals surface area contributed by atoms with E-state index in [1.807, 2.05) is 0 Å². The van der Waals surface area contributed by atoms with Gasteiger partial charge in [0.15, 0.2) is 0 Å². The van der Waals surface area contributed by atoms with E-state index < -0.39 is 15.9 Å². The molecule has 0 bridgehead atoms. The van der Waals surface area contributed by atoms with Crippen LogP contribution >= 0.6 is 0 Å². The summed E-state index contributed by atoms with van der Waals surface area (Å²) in [6.07, 6.45) is 1.51. The van der Waals surface area contributed by atoms with E-state index in [9.17, 15) is 13.2 Å². The first-order chi connectivity index (χ1) is 9.42. The highest BCUT2D eigenvalue weighted by Gasteiger charge is 2.34. The van der Waals surface area contributed by atoms with Crippen molar-refractivity contribution in [1.82, 2.24) is 9.29 Å². The van der Waals surface area contributed by atoms with E-state index in [0.29, 0.717) is 19.6 Å². The summed E-state index contributed by atoms with van der Waals surface area (Å²) in [6, 6.07) is 3.33. The van der Waals surface area contributed by atoms with Crippen LogP contribution in [0.25, 0.3) is 0 Å². The maximum atomic E-state index is 11.6. The lowest BCUT2D eigenvalue weighted by Gasteiger charge is -2.38. The van der Waals surface area contributed by atoms with Crippen molar-refractivity contribution in [3.8, 4) is 0 Å². The van der Waals surface area contributed by atoms with Crippen LogP contribution in [0.3, 0.4) is 0 Å². The van der Waals surface area contributed by atoms with E-state index in [0.717, 1.165) is 5.69 Å². The van der Waals surface area contributed by atoms with Gasteiger partial charge >= 0.3 is 0 Å². The molecule has 1 aliphatic heterocycles. The molecule has 1 aromatic heterocycles. The van der Waals surface area contributed by atoms with Crippen LogP contribution in [0.4, 0.5) is 5.69 Å². The monoisotopic (exact) mass is 298 g/mol. The predicted molar refractivity (Wildman–Crippen MR) is 75.8 cm³/mol.